The second-order valence-electron chi connectivity index (χ2n) is 6.56. The van der Waals surface area contributed by atoms with E-state index in [4.69, 9.17) is 0 Å². The van der Waals surface area contributed by atoms with Crippen LogP contribution in [0.5, 0.6) is 0 Å². The van der Waals surface area contributed by atoms with Gasteiger partial charge in [-0.3, -0.25) is 15.0 Å². The lowest BCUT2D eigenvalue weighted by molar-refractivity contribution is -0.131. The van der Waals surface area contributed by atoms with E-state index < -0.39 is 0 Å². The zero-order valence-electron chi connectivity index (χ0n) is 13.3. The van der Waals surface area contributed by atoms with Crippen molar-refractivity contribution in [3.63, 3.8) is 0 Å². The van der Waals surface area contributed by atoms with Crippen LogP contribution in [0.4, 0.5) is 0 Å². The summed E-state index contributed by atoms with van der Waals surface area (Å²) in [5.41, 5.74) is 0. The average Bonchev–Trinajstić information content (AvgIpc) is 2.75. The molecule has 2 rings (SSSR count). The summed E-state index contributed by atoms with van der Waals surface area (Å²) in [4.78, 5) is 17.1. The third kappa shape index (κ3) is 3.68. The Balaban J connectivity index is 1.94. The Hall–Kier alpha value is -0.260. The molecule has 2 heterocycles. The van der Waals surface area contributed by atoms with E-state index in [1.807, 2.05) is 11.8 Å². The van der Waals surface area contributed by atoms with Crippen LogP contribution in [0.15, 0.2) is 0 Å². The zero-order chi connectivity index (χ0) is 14.7. The van der Waals surface area contributed by atoms with E-state index in [1.54, 1.807) is 0 Å². The molecule has 20 heavy (non-hydrogen) atoms. The summed E-state index contributed by atoms with van der Waals surface area (Å²) >= 11 is 2.03. The first-order chi connectivity index (χ1) is 9.50. The van der Waals surface area contributed by atoms with Gasteiger partial charge in [0.15, 0.2) is 0 Å². The van der Waals surface area contributed by atoms with Crippen molar-refractivity contribution in [1.29, 1.82) is 0 Å². The van der Waals surface area contributed by atoms with E-state index in [9.17, 15) is 4.79 Å². The Morgan fingerprint density at radius 1 is 1.15 bits per heavy atom. The molecule has 2 aliphatic heterocycles. The molecular weight excluding hydrogens is 270 g/mol. The van der Waals surface area contributed by atoms with Crippen molar-refractivity contribution in [1.82, 2.24) is 15.1 Å². The molecule has 0 aliphatic carbocycles. The molecule has 0 radical (unpaired) electrons. The lowest BCUT2D eigenvalue weighted by Crippen LogP contribution is -2.46. The molecule has 2 unspecified atom stereocenters. The van der Waals surface area contributed by atoms with Crippen molar-refractivity contribution in [2.45, 2.75) is 39.9 Å². The fourth-order valence-corrected chi connectivity index (χ4v) is 3.99. The smallest absolute Gasteiger partial charge is 0.241 e. The predicted molar refractivity (Wildman–Crippen MR) is 85.9 cm³/mol. The van der Waals surface area contributed by atoms with Gasteiger partial charge in [0.05, 0.1) is 12.2 Å². The van der Waals surface area contributed by atoms with Gasteiger partial charge in [0.1, 0.15) is 0 Å². The van der Waals surface area contributed by atoms with Crippen molar-refractivity contribution in [3.05, 3.63) is 0 Å². The van der Waals surface area contributed by atoms with Gasteiger partial charge in [0.25, 0.3) is 0 Å². The molecule has 116 valence electrons. The summed E-state index contributed by atoms with van der Waals surface area (Å²) in [6.07, 6.45) is 0.203. The van der Waals surface area contributed by atoms with Crippen LogP contribution in [0, 0.1) is 11.8 Å². The van der Waals surface area contributed by atoms with Gasteiger partial charge >= 0.3 is 0 Å². The van der Waals surface area contributed by atoms with E-state index >= 15 is 0 Å². The molecule has 2 aliphatic rings. The van der Waals surface area contributed by atoms with Crippen LogP contribution >= 0.6 is 11.8 Å². The van der Waals surface area contributed by atoms with E-state index in [-0.39, 0.29) is 12.2 Å². The lowest BCUT2D eigenvalue weighted by atomic mass is 10.0. The maximum atomic E-state index is 12.6. The van der Waals surface area contributed by atoms with Gasteiger partial charge in [-0.15, -0.1) is 0 Å². The van der Waals surface area contributed by atoms with Crippen LogP contribution in [-0.4, -0.2) is 65.6 Å². The summed E-state index contributed by atoms with van der Waals surface area (Å²) in [7, 11) is 0. The van der Waals surface area contributed by atoms with Crippen molar-refractivity contribution in [3.8, 4) is 0 Å². The van der Waals surface area contributed by atoms with Gasteiger partial charge in [0, 0.05) is 37.7 Å². The highest BCUT2D eigenvalue weighted by atomic mass is 32.2. The lowest BCUT2D eigenvalue weighted by Gasteiger charge is -2.31. The SMILES string of the molecule is CC(C)C1NC(C(C)C)N(CCN2CCSCC2)C1=O. The molecule has 2 fully saturated rings. The third-order valence-electron chi connectivity index (χ3n) is 4.29. The van der Waals surface area contributed by atoms with Gasteiger partial charge in [-0.1, -0.05) is 27.7 Å². The molecule has 0 saturated carbocycles. The third-order valence-corrected chi connectivity index (χ3v) is 5.24. The second kappa shape index (κ2) is 7.14. The Morgan fingerprint density at radius 3 is 2.35 bits per heavy atom. The summed E-state index contributed by atoms with van der Waals surface area (Å²) in [5.74, 6) is 3.58. The first-order valence-corrected chi connectivity index (χ1v) is 9.02. The van der Waals surface area contributed by atoms with Crippen LogP contribution in [-0.2, 0) is 4.79 Å². The van der Waals surface area contributed by atoms with Crippen molar-refractivity contribution < 1.29 is 4.79 Å². The largest absolute Gasteiger partial charge is 0.324 e. The highest BCUT2D eigenvalue weighted by Gasteiger charge is 2.41. The van der Waals surface area contributed by atoms with Gasteiger partial charge in [-0.05, 0) is 11.8 Å². The monoisotopic (exact) mass is 299 g/mol. The number of hydrogen-bond donors (Lipinski definition) is 1. The number of thioether (sulfide) groups is 1. The molecule has 2 atom stereocenters. The zero-order valence-corrected chi connectivity index (χ0v) is 14.1. The normalized spacial score (nSPS) is 28.9. The Kier molecular flexibility index (Phi) is 5.75. The van der Waals surface area contributed by atoms with E-state index in [1.165, 1.54) is 24.6 Å². The van der Waals surface area contributed by atoms with Gasteiger partial charge < -0.3 is 4.90 Å². The maximum Gasteiger partial charge on any atom is 0.241 e. The number of nitrogens with zero attached hydrogens (tertiary/aromatic N) is 2. The van der Waals surface area contributed by atoms with E-state index in [0.29, 0.717) is 17.7 Å². The molecule has 1 N–H and O–H groups in total. The Morgan fingerprint density at radius 2 is 1.80 bits per heavy atom. The number of amides is 1. The fraction of sp³-hybridized carbons (Fsp3) is 0.933. The number of carbonyl (C=O) groups excluding carboxylic acids is 1. The number of carbonyl (C=O) groups is 1. The number of rotatable bonds is 5. The van der Waals surface area contributed by atoms with Crippen molar-refractivity contribution in [2.75, 3.05) is 37.7 Å². The minimum atomic E-state index is -0.000638. The fourth-order valence-electron chi connectivity index (χ4n) is 3.01. The molecular formula is C15H29N3OS. The topological polar surface area (TPSA) is 35.6 Å². The van der Waals surface area contributed by atoms with Crippen molar-refractivity contribution in [2.24, 2.45) is 11.8 Å². The highest BCUT2D eigenvalue weighted by molar-refractivity contribution is 7.99. The average molecular weight is 299 g/mol. The van der Waals surface area contributed by atoms with Gasteiger partial charge in [-0.25, -0.2) is 0 Å². The highest BCUT2D eigenvalue weighted by Crippen LogP contribution is 2.21. The summed E-state index contributed by atoms with van der Waals surface area (Å²) in [5, 5.41) is 3.53. The first kappa shape index (κ1) is 16.1. The van der Waals surface area contributed by atoms with Gasteiger partial charge in [0.2, 0.25) is 5.91 Å². The molecule has 0 spiro atoms. The molecule has 4 nitrogen and oxygen atoms in total. The number of hydrogen-bond acceptors (Lipinski definition) is 4. The second-order valence-corrected chi connectivity index (χ2v) is 7.79. The minimum absolute atomic E-state index is 0.000638. The summed E-state index contributed by atoms with van der Waals surface area (Å²) < 4.78 is 0. The summed E-state index contributed by atoms with van der Waals surface area (Å²) in [6, 6.07) is -0.000638. The molecule has 0 aromatic heterocycles. The number of nitrogens with one attached hydrogen (secondary N) is 1. The van der Waals surface area contributed by atoms with Crippen LogP contribution in [0.25, 0.3) is 0 Å². The van der Waals surface area contributed by atoms with Crippen LogP contribution in [0.2, 0.25) is 0 Å². The van der Waals surface area contributed by atoms with E-state index in [2.05, 4.69) is 42.8 Å². The molecule has 2 saturated heterocycles. The summed E-state index contributed by atoms with van der Waals surface area (Å²) in [6.45, 7) is 12.8. The van der Waals surface area contributed by atoms with Crippen molar-refractivity contribution >= 4 is 17.7 Å². The first-order valence-electron chi connectivity index (χ1n) is 7.87. The predicted octanol–water partition coefficient (Wildman–Crippen LogP) is 1.47. The van der Waals surface area contributed by atoms with Crippen LogP contribution in [0.1, 0.15) is 27.7 Å². The maximum absolute atomic E-state index is 12.6. The van der Waals surface area contributed by atoms with Crippen LogP contribution < -0.4 is 5.32 Å². The molecule has 0 aromatic rings. The van der Waals surface area contributed by atoms with E-state index in [0.717, 1.165) is 13.1 Å². The minimum Gasteiger partial charge on any atom is -0.324 e. The quantitative estimate of drug-likeness (QED) is 0.834. The molecule has 5 heteroatoms. The Bertz CT molecular complexity index is 329. The Labute approximate surface area is 127 Å². The van der Waals surface area contributed by atoms with Gasteiger partial charge in [-0.2, -0.15) is 11.8 Å². The van der Waals surface area contributed by atoms with Crippen LogP contribution in [0.3, 0.4) is 0 Å². The molecule has 1 amide bonds. The standard InChI is InChI=1S/C15H29N3OS/c1-11(2)13-15(19)18(14(16-13)12(3)4)6-5-17-7-9-20-10-8-17/h11-14,16H,5-10H2,1-4H3. The molecule has 0 aromatic carbocycles. The molecule has 0 bridgehead atoms.